The molecule has 0 atom stereocenters. The Kier molecular flexibility index (Phi) is 8.48. The first-order chi connectivity index (χ1) is 17.2. The molecule has 1 amide bonds. The van der Waals surface area contributed by atoms with E-state index in [4.69, 9.17) is 0 Å². The number of amides is 1. The summed E-state index contributed by atoms with van der Waals surface area (Å²) in [6, 6.07) is 12.8. The van der Waals surface area contributed by atoms with Crippen LogP contribution in [0.4, 0.5) is 19.0 Å². The molecule has 7 nitrogen and oxygen atoms in total. The van der Waals surface area contributed by atoms with Crippen molar-refractivity contribution in [2.24, 2.45) is 5.92 Å². The molecule has 1 aromatic heterocycles. The van der Waals surface area contributed by atoms with Gasteiger partial charge >= 0.3 is 6.36 Å². The number of hydrogen-bond donors (Lipinski definition) is 2. The van der Waals surface area contributed by atoms with Crippen LogP contribution in [0.3, 0.4) is 0 Å². The predicted octanol–water partition coefficient (Wildman–Crippen LogP) is 3.73. The van der Waals surface area contributed by atoms with Gasteiger partial charge in [-0.2, -0.15) is 0 Å². The van der Waals surface area contributed by atoms with Crippen molar-refractivity contribution in [1.82, 2.24) is 15.2 Å². The average Bonchev–Trinajstić information content (AvgIpc) is 2.86. The molecule has 10 heteroatoms. The second kappa shape index (κ2) is 11.6. The van der Waals surface area contributed by atoms with E-state index >= 15 is 0 Å². The maximum atomic E-state index is 13.5. The van der Waals surface area contributed by atoms with E-state index in [2.05, 4.69) is 32.1 Å². The van der Waals surface area contributed by atoms with Crippen LogP contribution in [0.1, 0.15) is 37.7 Å². The molecule has 196 valence electrons. The Morgan fingerprint density at radius 1 is 1.14 bits per heavy atom. The summed E-state index contributed by atoms with van der Waals surface area (Å²) in [5.41, 5.74) is -0.236. The summed E-state index contributed by atoms with van der Waals surface area (Å²) in [7, 11) is 0. The van der Waals surface area contributed by atoms with E-state index in [-0.39, 0.29) is 18.7 Å². The molecule has 36 heavy (non-hydrogen) atoms. The van der Waals surface area contributed by atoms with Crippen LogP contribution in [0.15, 0.2) is 48.7 Å². The van der Waals surface area contributed by atoms with Gasteiger partial charge in [0, 0.05) is 13.1 Å². The molecular formula is C26H33F3N4O3. The van der Waals surface area contributed by atoms with Gasteiger partial charge in [0.2, 0.25) is 0 Å². The molecule has 0 saturated carbocycles. The summed E-state index contributed by atoms with van der Waals surface area (Å²) < 4.78 is 41.5. The van der Waals surface area contributed by atoms with Gasteiger partial charge in [0.25, 0.3) is 5.91 Å². The number of ether oxygens (including phenoxy) is 1. The summed E-state index contributed by atoms with van der Waals surface area (Å²) >= 11 is 0. The van der Waals surface area contributed by atoms with Crippen LogP contribution in [0.2, 0.25) is 0 Å². The number of nitrogens with zero attached hydrogens (tertiary/aromatic N) is 3. The fourth-order valence-corrected chi connectivity index (χ4v) is 4.94. The van der Waals surface area contributed by atoms with Gasteiger partial charge in [-0.25, -0.2) is 4.98 Å². The summed E-state index contributed by atoms with van der Waals surface area (Å²) in [5, 5.41) is 14.2. The minimum atomic E-state index is -4.82. The van der Waals surface area contributed by atoms with Crippen LogP contribution in [0.5, 0.6) is 5.75 Å². The Labute approximate surface area is 209 Å². The zero-order valence-corrected chi connectivity index (χ0v) is 20.2. The highest BCUT2D eigenvalue weighted by molar-refractivity contribution is 5.98. The third kappa shape index (κ3) is 7.18. The smallest absolute Gasteiger partial charge is 0.404 e. The van der Waals surface area contributed by atoms with Crippen LogP contribution >= 0.6 is 0 Å². The number of benzene rings is 1. The zero-order chi connectivity index (χ0) is 25.6. The Bertz CT molecular complexity index is 974. The first kappa shape index (κ1) is 26.4. The molecule has 2 N–H and O–H groups in total. The first-order valence-electron chi connectivity index (χ1n) is 12.4. The van der Waals surface area contributed by atoms with Gasteiger partial charge in [-0.1, -0.05) is 30.3 Å². The summed E-state index contributed by atoms with van der Waals surface area (Å²) in [5.74, 6) is -0.293. The summed E-state index contributed by atoms with van der Waals surface area (Å²) in [6.07, 6.45) is -0.605. The number of likely N-dealkylation sites (tertiary alicyclic amines) is 1. The minimum absolute atomic E-state index is 0.211. The lowest BCUT2D eigenvalue weighted by atomic mass is 9.89. The molecule has 0 unspecified atom stereocenters. The topological polar surface area (TPSA) is 77.9 Å². The number of halogens is 3. The van der Waals surface area contributed by atoms with Crippen LogP contribution in [-0.2, 0) is 11.3 Å². The molecule has 0 bridgehead atoms. The number of pyridine rings is 1. The van der Waals surface area contributed by atoms with Crippen molar-refractivity contribution < 1.29 is 27.8 Å². The fourth-order valence-electron chi connectivity index (χ4n) is 4.94. The number of carbonyl (C=O) groups excluding carboxylic acids is 1. The monoisotopic (exact) mass is 506 g/mol. The highest BCUT2D eigenvalue weighted by atomic mass is 19.4. The van der Waals surface area contributed by atoms with Crippen molar-refractivity contribution in [2.45, 2.75) is 50.6 Å². The highest BCUT2D eigenvalue weighted by Crippen LogP contribution is 2.29. The van der Waals surface area contributed by atoms with Gasteiger partial charge < -0.3 is 15.2 Å². The van der Waals surface area contributed by atoms with E-state index in [0.717, 1.165) is 51.2 Å². The SMILES string of the molecule is O=C(N(CCC1CCN(Cc2ccccc2)CC1)c1ccc(OC(F)(F)F)cn1)C1(O)CCNCC1. The molecule has 4 rings (SSSR count). The van der Waals surface area contributed by atoms with Crippen LogP contribution in [-0.4, -0.2) is 65.6 Å². The van der Waals surface area contributed by atoms with Gasteiger partial charge in [0.05, 0.1) is 6.20 Å². The van der Waals surface area contributed by atoms with Crippen molar-refractivity contribution in [3.63, 3.8) is 0 Å². The van der Waals surface area contributed by atoms with E-state index in [0.29, 0.717) is 25.6 Å². The number of anilines is 1. The molecule has 0 radical (unpaired) electrons. The maximum absolute atomic E-state index is 13.5. The maximum Gasteiger partial charge on any atom is 0.573 e. The third-order valence-electron chi connectivity index (χ3n) is 7.02. The average molecular weight is 507 g/mol. The molecular weight excluding hydrogens is 473 g/mol. The Balaban J connectivity index is 1.40. The Morgan fingerprint density at radius 2 is 1.83 bits per heavy atom. The van der Waals surface area contributed by atoms with Crippen LogP contribution in [0.25, 0.3) is 0 Å². The van der Waals surface area contributed by atoms with Gasteiger partial charge in [-0.3, -0.25) is 14.6 Å². The highest BCUT2D eigenvalue weighted by Gasteiger charge is 2.41. The first-order valence-corrected chi connectivity index (χ1v) is 12.4. The standard InChI is InChI=1S/C26H33F3N4O3/c27-26(28,29)36-22-6-7-23(31-18-22)33(24(34)25(35)11-13-30-14-12-25)17-10-20-8-15-32(16-9-20)19-21-4-2-1-3-5-21/h1-7,18,20,30,35H,8-17,19H2. The van der Waals surface area contributed by atoms with Crippen molar-refractivity contribution in [1.29, 1.82) is 0 Å². The Morgan fingerprint density at radius 3 is 2.44 bits per heavy atom. The van der Waals surface area contributed by atoms with Crippen molar-refractivity contribution >= 4 is 11.7 Å². The van der Waals surface area contributed by atoms with Crippen molar-refractivity contribution in [3.05, 3.63) is 54.2 Å². The second-order valence-electron chi connectivity index (χ2n) is 9.63. The molecule has 2 aliphatic heterocycles. The lowest BCUT2D eigenvalue weighted by Crippen LogP contribution is -2.55. The molecule has 2 saturated heterocycles. The molecule has 2 fully saturated rings. The minimum Gasteiger partial charge on any atom is -0.404 e. The normalized spacial score (nSPS) is 19.1. The fraction of sp³-hybridized carbons (Fsp3) is 0.538. The van der Waals surface area contributed by atoms with E-state index in [1.54, 1.807) is 0 Å². The number of carbonyl (C=O) groups is 1. The molecule has 0 aliphatic carbocycles. The number of aromatic nitrogens is 1. The molecule has 2 aromatic rings. The van der Waals surface area contributed by atoms with E-state index in [9.17, 15) is 23.1 Å². The summed E-state index contributed by atoms with van der Waals surface area (Å²) in [6.45, 7) is 4.21. The number of rotatable bonds is 8. The third-order valence-corrected chi connectivity index (χ3v) is 7.02. The van der Waals surface area contributed by atoms with E-state index in [1.807, 2.05) is 18.2 Å². The zero-order valence-electron chi connectivity index (χ0n) is 20.2. The molecule has 3 heterocycles. The van der Waals surface area contributed by atoms with E-state index in [1.165, 1.54) is 16.5 Å². The second-order valence-corrected chi connectivity index (χ2v) is 9.63. The lowest BCUT2D eigenvalue weighted by Gasteiger charge is -2.37. The Hall–Kier alpha value is -2.69. The molecule has 0 spiro atoms. The van der Waals surface area contributed by atoms with E-state index < -0.39 is 23.6 Å². The van der Waals surface area contributed by atoms with Crippen molar-refractivity contribution in [3.8, 4) is 5.75 Å². The van der Waals surface area contributed by atoms with Crippen LogP contribution < -0.4 is 15.0 Å². The number of aliphatic hydroxyl groups is 1. The summed E-state index contributed by atoms with van der Waals surface area (Å²) in [4.78, 5) is 21.4. The van der Waals surface area contributed by atoms with Gasteiger partial charge in [-0.05, 0) is 81.9 Å². The van der Waals surface area contributed by atoms with Gasteiger partial charge in [-0.15, -0.1) is 13.2 Å². The number of piperidine rings is 2. The van der Waals surface area contributed by atoms with Gasteiger partial charge in [0.1, 0.15) is 17.2 Å². The predicted molar refractivity (Wildman–Crippen MR) is 129 cm³/mol. The van der Waals surface area contributed by atoms with Gasteiger partial charge in [0.15, 0.2) is 0 Å². The van der Waals surface area contributed by atoms with Crippen molar-refractivity contribution in [2.75, 3.05) is 37.6 Å². The quantitative estimate of drug-likeness (QED) is 0.568. The lowest BCUT2D eigenvalue weighted by molar-refractivity contribution is -0.274. The molecule has 1 aromatic carbocycles. The number of nitrogens with one attached hydrogen (secondary N) is 1. The molecule has 2 aliphatic rings. The number of hydrogen-bond acceptors (Lipinski definition) is 6. The van der Waals surface area contributed by atoms with Crippen LogP contribution in [0, 0.1) is 5.92 Å². The number of alkyl halides is 3. The largest absolute Gasteiger partial charge is 0.573 e.